The first kappa shape index (κ1) is 33.2. The lowest BCUT2D eigenvalue weighted by atomic mass is 9.99. The van der Waals surface area contributed by atoms with Crippen LogP contribution in [0, 0.1) is 0 Å². The van der Waals surface area contributed by atoms with Crippen LogP contribution in [0.1, 0.15) is 100 Å². The van der Waals surface area contributed by atoms with Gasteiger partial charge in [-0.15, -0.1) is 8.58 Å². The Morgan fingerprint density at radius 1 is 0.326 bits per heavy atom. The lowest BCUT2D eigenvalue weighted by Crippen LogP contribution is -1.90. The summed E-state index contributed by atoms with van der Waals surface area (Å²) in [5.41, 5.74) is 11.2. The third kappa shape index (κ3) is 12.1. The van der Waals surface area contributed by atoms with Crippen molar-refractivity contribution in [3.05, 3.63) is 119 Å². The summed E-state index contributed by atoms with van der Waals surface area (Å²) < 4.78 is 0. The lowest BCUT2D eigenvalue weighted by molar-refractivity contribution is 0.717. The zero-order valence-electron chi connectivity index (χ0n) is 27.1. The number of aryl methyl sites for hydroxylation is 4. The molecule has 0 aliphatic heterocycles. The Morgan fingerprint density at radius 3 is 0.837 bits per heavy atom. The Hall–Kier alpha value is -2.69. The van der Waals surface area contributed by atoms with Crippen LogP contribution in [0.15, 0.2) is 97.1 Å². The summed E-state index contributed by atoms with van der Waals surface area (Å²) in [6.07, 6.45) is 20.8. The molecule has 4 rings (SSSR count). The Labute approximate surface area is 265 Å². The predicted octanol–water partition coefficient (Wildman–Crippen LogP) is 12.5. The van der Waals surface area contributed by atoms with Gasteiger partial charge in [-0.2, -0.15) is 0 Å². The number of hydrogen-bond donors (Lipinski definition) is 0. The van der Waals surface area contributed by atoms with Gasteiger partial charge in [0, 0.05) is 0 Å². The standard InChI is InChI=1S/C42H55P/c1-3-5-7-13-35-17-25-39(26-18-35)41-29-21-37(22-30-41)15-9-11-33-43-34-12-10-16-38-23-31-42(32-24-38)40-27-19-36(20-28-40)14-8-6-4-2/h17-32,43H,3-16,33-34H2,1-2H3. The Bertz CT molecular complexity index is 1160. The summed E-state index contributed by atoms with van der Waals surface area (Å²) in [5.74, 6) is 0. The minimum Gasteiger partial charge on any atom is -0.122 e. The van der Waals surface area contributed by atoms with Gasteiger partial charge < -0.3 is 0 Å². The molecule has 4 aromatic carbocycles. The van der Waals surface area contributed by atoms with Crippen LogP contribution in [0.4, 0.5) is 0 Å². The van der Waals surface area contributed by atoms with E-state index in [0.717, 1.165) is 8.58 Å². The van der Waals surface area contributed by atoms with Crippen molar-refractivity contribution in [2.75, 3.05) is 12.3 Å². The maximum atomic E-state index is 2.34. The molecule has 0 bridgehead atoms. The van der Waals surface area contributed by atoms with Gasteiger partial charge in [-0.1, -0.05) is 137 Å². The van der Waals surface area contributed by atoms with Gasteiger partial charge in [0.15, 0.2) is 0 Å². The fourth-order valence-electron chi connectivity index (χ4n) is 5.90. The first-order valence-electron chi connectivity index (χ1n) is 17.3. The Kier molecular flexibility index (Phi) is 15.1. The Balaban J connectivity index is 1.04. The molecule has 0 nitrogen and oxygen atoms in total. The fourth-order valence-corrected chi connectivity index (χ4v) is 7.15. The minimum atomic E-state index is 1.12. The summed E-state index contributed by atoms with van der Waals surface area (Å²) in [6, 6.07) is 37.0. The van der Waals surface area contributed by atoms with Crippen molar-refractivity contribution in [2.45, 2.75) is 104 Å². The van der Waals surface area contributed by atoms with Crippen molar-refractivity contribution in [1.82, 2.24) is 0 Å². The van der Waals surface area contributed by atoms with Crippen molar-refractivity contribution in [3.8, 4) is 22.3 Å². The highest BCUT2D eigenvalue weighted by Crippen LogP contribution is 2.24. The van der Waals surface area contributed by atoms with Gasteiger partial charge in [0.25, 0.3) is 0 Å². The molecule has 4 aromatic rings. The molecule has 0 aliphatic carbocycles. The van der Waals surface area contributed by atoms with Crippen LogP contribution in [-0.2, 0) is 25.7 Å². The van der Waals surface area contributed by atoms with E-state index in [9.17, 15) is 0 Å². The molecule has 0 spiro atoms. The fraction of sp³-hybridized carbons (Fsp3) is 0.429. The summed E-state index contributed by atoms with van der Waals surface area (Å²) in [6.45, 7) is 4.54. The zero-order valence-corrected chi connectivity index (χ0v) is 28.1. The van der Waals surface area contributed by atoms with E-state index in [1.807, 2.05) is 0 Å². The highest BCUT2D eigenvalue weighted by molar-refractivity contribution is 7.37. The van der Waals surface area contributed by atoms with Gasteiger partial charge in [0.05, 0.1) is 0 Å². The predicted molar refractivity (Wildman–Crippen MR) is 194 cm³/mol. The van der Waals surface area contributed by atoms with Gasteiger partial charge in [0.2, 0.25) is 0 Å². The number of benzene rings is 4. The normalized spacial score (nSPS) is 11.2. The van der Waals surface area contributed by atoms with E-state index in [1.54, 1.807) is 0 Å². The smallest absolute Gasteiger partial charge is 0.0184 e. The molecule has 0 unspecified atom stereocenters. The summed E-state index contributed by atoms with van der Waals surface area (Å²) in [5, 5.41) is 0. The van der Waals surface area contributed by atoms with E-state index in [-0.39, 0.29) is 0 Å². The van der Waals surface area contributed by atoms with Crippen LogP contribution in [0.25, 0.3) is 22.3 Å². The average Bonchev–Trinajstić information content (AvgIpc) is 3.05. The van der Waals surface area contributed by atoms with E-state index in [4.69, 9.17) is 0 Å². The van der Waals surface area contributed by atoms with Gasteiger partial charge >= 0.3 is 0 Å². The van der Waals surface area contributed by atoms with Crippen LogP contribution >= 0.6 is 8.58 Å². The molecule has 0 radical (unpaired) electrons. The quantitative estimate of drug-likeness (QED) is 0.0709. The monoisotopic (exact) mass is 590 g/mol. The molecule has 0 amide bonds. The second-order valence-corrected chi connectivity index (χ2v) is 13.9. The lowest BCUT2D eigenvalue weighted by Gasteiger charge is -2.07. The number of hydrogen-bond acceptors (Lipinski definition) is 0. The van der Waals surface area contributed by atoms with E-state index in [0.29, 0.717) is 0 Å². The second kappa shape index (κ2) is 19.6. The van der Waals surface area contributed by atoms with Crippen LogP contribution in [-0.4, -0.2) is 12.3 Å². The molecule has 43 heavy (non-hydrogen) atoms. The first-order valence-corrected chi connectivity index (χ1v) is 18.7. The molecule has 0 saturated carbocycles. The molecular weight excluding hydrogens is 535 g/mol. The highest BCUT2D eigenvalue weighted by Gasteiger charge is 2.02. The molecule has 228 valence electrons. The molecule has 0 aromatic heterocycles. The van der Waals surface area contributed by atoms with Gasteiger partial charge in [-0.25, -0.2) is 0 Å². The minimum absolute atomic E-state index is 1.12. The van der Waals surface area contributed by atoms with Crippen LogP contribution in [0.3, 0.4) is 0 Å². The van der Waals surface area contributed by atoms with E-state index in [1.165, 1.54) is 147 Å². The molecular formula is C42H55P. The van der Waals surface area contributed by atoms with E-state index >= 15 is 0 Å². The highest BCUT2D eigenvalue weighted by atomic mass is 31.1. The molecule has 0 fully saturated rings. The molecule has 1 heteroatoms. The molecule has 0 aliphatic rings. The molecule has 0 saturated heterocycles. The van der Waals surface area contributed by atoms with E-state index in [2.05, 4.69) is 111 Å². The molecule has 0 atom stereocenters. The van der Waals surface area contributed by atoms with Crippen molar-refractivity contribution in [1.29, 1.82) is 0 Å². The third-order valence-electron chi connectivity index (χ3n) is 8.76. The maximum Gasteiger partial charge on any atom is -0.0184 e. The summed E-state index contributed by atoms with van der Waals surface area (Å²) in [7, 11) is 1.12. The van der Waals surface area contributed by atoms with Crippen molar-refractivity contribution < 1.29 is 0 Å². The number of rotatable bonds is 20. The van der Waals surface area contributed by atoms with Gasteiger partial charge in [-0.05, 0) is 121 Å². The summed E-state index contributed by atoms with van der Waals surface area (Å²) in [4.78, 5) is 0. The molecule has 0 N–H and O–H groups in total. The largest absolute Gasteiger partial charge is 0.122 e. The first-order chi connectivity index (χ1) is 21.2. The van der Waals surface area contributed by atoms with Crippen LogP contribution in [0.2, 0.25) is 0 Å². The van der Waals surface area contributed by atoms with Crippen molar-refractivity contribution >= 4 is 8.58 Å². The number of unbranched alkanes of at least 4 members (excludes halogenated alkanes) is 6. The van der Waals surface area contributed by atoms with Crippen molar-refractivity contribution in [3.63, 3.8) is 0 Å². The topological polar surface area (TPSA) is 0 Å². The van der Waals surface area contributed by atoms with Crippen LogP contribution in [0.5, 0.6) is 0 Å². The van der Waals surface area contributed by atoms with Gasteiger partial charge in [0.1, 0.15) is 0 Å². The molecule has 0 heterocycles. The second-order valence-electron chi connectivity index (χ2n) is 12.4. The van der Waals surface area contributed by atoms with Crippen molar-refractivity contribution in [2.24, 2.45) is 0 Å². The summed E-state index contributed by atoms with van der Waals surface area (Å²) >= 11 is 0. The third-order valence-corrected chi connectivity index (χ3v) is 10.2. The Morgan fingerprint density at radius 2 is 0.581 bits per heavy atom. The zero-order chi connectivity index (χ0) is 30.0. The van der Waals surface area contributed by atoms with Crippen LogP contribution < -0.4 is 0 Å². The van der Waals surface area contributed by atoms with E-state index < -0.39 is 0 Å². The van der Waals surface area contributed by atoms with Gasteiger partial charge in [-0.3, -0.25) is 0 Å². The SMILES string of the molecule is CCCCCc1ccc(-c2ccc(CCCCPCCCCc3ccc(-c4ccc(CCCCC)cc4)cc3)cc2)cc1. The average molecular weight is 591 g/mol. The maximum absolute atomic E-state index is 2.34.